The van der Waals surface area contributed by atoms with Crippen molar-refractivity contribution in [3.05, 3.63) is 35.9 Å². The van der Waals surface area contributed by atoms with Crippen LogP contribution in [-0.4, -0.2) is 30.6 Å². The Morgan fingerprint density at radius 3 is 2.82 bits per heavy atom. The highest BCUT2D eigenvalue weighted by Crippen LogP contribution is 2.23. The third kappa shape index (κ3) is 3.47. The second-order valence-electron chi connectivity index (χ2n) is 5.89. The van der Waals surface area contributed by atoms with Gasteiger partial charge in [-0.15, -0.1) is 0 Å². The van der Waals surface area contributed by atoms with Gasteiger partial charge in [-0.05, 0) is 31.7 Å². The number of carbonyl (C=O) groups excluding carboxylic acids is 1. The van der Waals surface area contributed by atoms with Gasteiger partial charge in [-0.3, -0.25) is 4.79 Å². The van der Waals surface area contributed by atoms with Gasteiger partial charge in [0.05, 0.1) is 0 Å². The number of hydrogen-bond acceptors (Lipinski definition) is 5. The molecule has 3 rings (SSSR count). The van der Waals surface area contributed by atoms with Gasteiger partial charge in [-0.1, -0.05) is 30.3 Å². The molecule has 1 amide bonds. The average Bonchev–Trinajstić information content (AvgIpc) is 3.01. The van der Waals surface area contributed by atoms with Crippen molar-refractivity contribution < 1.29 is 9.53 Å². The smallest absolute Gasteiger partial charge is 0.253 e. The van der Waals surface area contributed by atoms with E-state index in [1.54, 1.807) is 0 Å². The van der Waals surface area contributed by atoms with Crippen LogP contribution in [0.4, 0.5) is 0 Å². The maximum Gasteiger partial charge on any atom is 0.253 e. The number of hydrazine groups is 2. The summed E-state index contributed by atoms with van der Waals surface area (Å²) in [6, 6.07) is 10.7. The van der Waals surface area contributed by atoms with Gasteiger partial charge >= 0.3 is 0 Å². The minimum Gasteiger partial charge on any atom is -0.364 e. The molecule has 0 spiro atoms. The SMILES string of the molecule is CCOC(C(=O)NC1CCC2NNNC2C1)c1ccccc1. The summed E-state index contributed by atoms with van der Waals surface area (Å²) < 4.78 is 5.67. The van der Waals surface area contributed by atoms with Crippen molar-refractivity contribution in [1.29, 1.82) is 0 Å². The van der Waals surface area contributed by atoms with Crippen LogP contribution >= 0.6 is 0 Å². The fourth-order valence-electron chi connectivity index (χ4n) is 3.26. The van der Waals surface area contributed by atoms with E-state index < -0.39 is 6.10 Å². The highest BCUT2D eigenvalue weighted by atomic mass is 16.5. The molecule has 6 nitrogen and oxygen atoms in total. The molecule has 4 unspecified atom stereocenters. The van der Waals surface area contributed by atoms with Crippen molar-refractivity contribution in [2.24, 2.45) is 0 Å². The Morgan fingerprint density at radius 2 is 2.05 bits per heavy atom. The summed E-state index contributed by atoms with van der Waals surface area (Å²) in [4.78, 5) is 12.6. The fraction of sp³-hybridized carbons (Fsp3) is 0.562. The Labute approximate surface area is 130 Å². The molecule has 0 radical (unpaired) electrons. The van der Waals surface area contributed by atoms with Crippen LogP contribution in [-0.2, 0) is 9.53 Å². The van der Waals surface area contributed by atoms with Crippen LogP contribution in [0.2, 0.25) is 0 Å². The van der Waals surface area contributed by atoms with E-state index in [0.29, 0.717) is 18.7 Å². The molecule has 0 aromatic heterocycles. The molecule has 0 bridgehead atoms. The van der Waals surface area contributed by atoms with Crippen LogP contribution < -0.4 is 21.7 Å². The maximum atomic E-state index is 12.6. The van der Waals surface area contributed by atoms with Crippen molar-refractivity contribution >= 4 is 5.91 Å². The van der Waals surface area contributed by atoms with Gasteiger partial charge in [0.25, 0.3) is 5.91 Å². The van der Waals surface area contributed by atoms with E-state index in [9.17, 15) is 4.79 Å². The molecular weight excluding hydrogens is 280 g/mol. The number of hydrogen-bond donors (Lipinski definition) is 4. The number of ether oxygens (including phenoxy) is 1. The van der Waals surface area contributed by atoms with Gasteiger partial charge in [0, 0.05) is 24.7 Å². The van der Waals surface area contributed by atoms with Crippen molar-refractivity contribution in [2.45, 2.75) is 50.4 Å². The second kappa shape index (κ2) is 7.19. The molecule has 1 aliphatic carbocycles. The standard InChI is InChI=1S/C16H24N4O2/c1-2-22-15(11-6-4-3-5-7-11)16(21)17-12-8-9-13-14(10-12)19-20-18-13/h3-7,12-15,18-20H,2,8-10H2,1H3,(H,17,21). The molecule has 1 heterocycles. The lowest BCUT2D eigenvalue weighted by atomic mass is 9.87. The quantitative estimate of drug-likeness (QED) is 0.647. The first-order valence-electron chi connectivity index (χ1n) is 8.01. The predicted molar refractivity (Wildman–Crippen MR) is 83.6 cm³/mol. The van der Waals surface area contributed by atoms with Gasteiger partial charge in [-0.2, -0.15) is 5.53 Å². The second-order valence-corrected chi connectivity index (χ2v) is 5.89. The molecule has 1 aromatic rings. The molecule has 1 aromatic carbocycles. The third-order valence-electron chi connectivity index (χ3n) is 4.39. The number of amides is 1. The van der Waals surface area contributed by atoms with E-state index in [-0.39, 0.29) is 11.9 Å². The average molecular weight is 304 g/mol. The Balaban J connectivity index is 1.61. The van der Waals surface area contributed by atoms with E-state index in [1.165, 1.54) is 0 Å². The molecule has 22 heavy (non-hydrogen) atoms. The summed E-state index contributed by atoms with van der Waals surface area (Å²) in [5.41, 5.74) is 10.3. The van der Waals surface area contributed by atoms with E-state index in [4.69, 9.17) is 4.74 Å². The lowest BCUT2D eigenvalue weighted by Gasteiger charge is -2.31. The van der Waals surface area contributed by atoms with E-state index >= 15 is 0 Å². The first kappa shape index (κ1) is 15.4. The minimum absolute atomic E-state index is 0.0459. The topological polar surface area (TPSA) is 74.4 Å². The number of fused-ring (bicyclic) bond motifs is 1. The molecular formula is C16H24N4O2. The zero-order valence-corrected chi connectivity index (χ0v) is 12.8. The van der Waals surface area contributed by atoms with Gasteiger partial charge in [0.2, 0.25) is 0 Å². The van der Waals surface area contributed by atoms with E-state index in [2.05, 4.69) is 21.7 Å². The van der Waals surface area contributed by atoms with Crippen LogP contribution in [0, 0.1) is 0 Å². The molecule has 2 fully saturated rings. The van der Waals surface area contributed by atoms with Gasteiger partial charge in [-0.25, -0.2) is 10.9 Å². The maximum absolute atomic E-state index is 12.6. The van der Waals surface area contributed by atoms with E-state index in [0.717, 1.165) is 24.8 Å². The molecule has 1 saturated carbocycles. The summed E-state index contributed by atoms with van der Waals surface area (Å²) in [5.74, 6) is -0.0459. The normalized spacial score (nSPS) is 28.9. The summed E-state index contributed by atoms with van der Waals surface area (Å²) in [6.07, 6.45) is 2.41. The third-order valence-corrected chi connectivity index (χ3v) is 4.39. The summed E-state index contributed by atoms with van der Waals surface area (Å²) >= 11 is 0. The molecule has 4 atom stereocenters. The molecule has 2 aliphatic rings. The highest BCUT2D eigenvalue weighted by molar-refractivity contribution is 5.82. The predicted octanol–water partition coefficient (Wildman–Crippen LogP) is 0.783. The molecule has 1 saturated heterocycles. The van der Waals surface area contributed by atoms with Crippen LogP contribution in [0.5, 0.6) is 0 Å². The van der Waals surface area contributed by atoms with Crippen molar-refractivity contribution in [3.63, 3.8) is 0 Å². The van der Waals surface area contributed by atoms with Crippen LogP contribution in [0.1, 0.15) is 37.9 Å². The largest absolute Gasteiger partial charge is 0.364 e. The first-order chi connectivity index (χ1) is 10.8. The van der Waals surface area contributed by atoms with Crippen LogP contribution in [0.15, 0.2) is 30.3 Å². The van der Waals surface area contributed by atoms with Gasteiger partial charge in [0.1, 0.15) is 0 Å². The molecule has 4 N–H and O–H groups in total. The Morgan fingerprint density at radius 1 is 1.27 bits per heavy atom. The number of nitrogens with one attached hydrogen (secondary N) is 4. The minimum atomic E-state index is -0.531. The summed E-state index contributed by atoms with van der Waals surface area (Å²) in [6.45, 7) is 2.42. The number of rotatable bonds is 5. The first-order valence-corrected chi connectivity index (χ1v) is 8.01. The van der Waals surface area contributed by atoms with Crippen molar-refractivity contribution in [3.8, 4) is 0 Å². The number of benzene rings is 1. The highest BCUT2D eigenvalue weighted by Gasteiger charge is 2.35. The van der Waals surface area contributed by atoms with Gasteiger partial charge in [0.15, 0.2) is 6.10 Å². The molecule has 6 heteroatoms. The van der Waals surface area contributed by atoms with Crippen molar-refractivity contribution in [1.82, 2.24) is 21.7 Å². The van der Waals surface area contributed by atoms with Crippen molar-refractivity contribution in [2.75, 3.05) is 6.61 Å². The molecule has 1 aliphatic heterocycles. The molecule has 120 valence electrons. The van der Waals surface area contributed by atoms with Crippen LogP contribution in [0.25, 0.3) is 0 Å². The summed E-state index contributed by atoms with van der Waals surface area (Å²) in [7, 11) is 0. The number of carbonyl (C=O) groups is 1. The Bertz CT molecular complexity index is 496. The Kier molecular flexibility index (Phi) is 5.04. The van der Waals surface area contributed by atoms with E-state index in [1.807, 2.05) is 37.3 Å². The fourth-order valence-corrected chi connectivity index (χ4v) is 3.26. The van der Waals surface area contributed by atoms with Gasteiger partial charge < -0.3 is 10.1 Å². The lowest BCUT2D eigenvalue weighted by molar-refractivity contribution is -0.134. The zero-order valence-electron chi connectivity index (χ0n) is 12.8. The Hall–Kier alpha value is -1.47. The van der Waals surface area contributed by atoms with Crippen LogP contribution in [0.3, 0.4) is 0 Å². The monoisotopic (exact) mass is 304 g/mol. The summed E-state index contributed by atoms with van der Waals surface area (Å²) in [5, 5.41) is 3.16. The lowest BCUT2D eigenvalue weighted by Crippen LogP contribution is -2.49. The zero-order chi connectivity index (χ0) is 15.4.